The topological polar surface area (TPSA) is 75.6 Å². The first-order valence-corrected chi connectivity index (χ1v) is 8.65. The van der Waals surface area contributed by atoms with Crippen molar-refractivity contribution in [2.24, 2.45) is 10.8 Å². The van der Waals surface area contributed by atoms with E-state index in [-0.39, 0.29) is 11.8 Å². The standard InChI is InChI=1S/C19H24FNO4/c1-25-14-5-3-13(4-6-14)9-15(16(22)23)21-17(24)19(12-20)10-18(11-19)7-2-8-18/h3-6,15H,2,7-12H2,1H3,(H,21,24)(H,22,23). The number of hydrogen-bond donors (Lipinski definition) is 2. The minimum atomic E-state index is -1.11. The molecule has 5 nitrogen and oxygen atoms in total. The minimum Gasteiger partial charge on any atom is -0.497 e. The number of carbonyl (C=O) groups is 2. The second kappa shape index (κ2) is 6.65. The van der Waals surface area contributed by atoms with Gasteiger partial charge in [-0.3, -0.25) is 4.79 Å². The predicted octanol–water partition coefficient (Wildman–Crippen LogP) is 2.73. The molecule has 1 aromatic carbocycles. The quantitative estimate of drug-likeness (QED) is 0.794. The van der Waals surface area contributed by atoms with Crippen molar-refractivity contribution in [3.8, 4) is 5.75 Å². The van der Waals surface area contributed by atoms with Gasteiger partial charge in [0, 0.05) is 6.42 Å². The van der Waals surface area contributed by atoms with Crippen LogP contribution in [0.4, 0.5) is 4.39 Å². The summed E-state index contributed by atoms with van der Waals surface area (Å²) in [4.78, 5) is 24.1. The number of alkyl halides is 1. The molecule has 1 atom stereocenters. The molecule has 2 aliphatic rings. The Morgan fingerprint density at radius 2 is 1.92 bits per heavy atom. The van der Waals surface area contributed by atoms with E-state index in [9.17, 15) is 19.1 Å². The van der Waals surface area contributed by atoms with Crippen molar-refractivity contribution in [2.45, 2.75) is 44.6 Å². The molecule has 2 saturated carbocycles. The molecular weight excluding hydrogens is 325 g/mol. The first-order chi connectivity index (χ1) is 11.9. The molecule has 6 heteroatoms. The van der Waals surface area contributed by atoms with Gasteiger partial charge in [-0.1, -0.05) is 18.6 Å². The number of ether oxygens (including phenoxy) is 1. The van der Waals surface area contributed by atoms with Gasteiger partial charge < -0.3 is 15.2 Å². The molecule has 1 unspecified atom stereocenters. The highest BCUT2D eigenvalue weighted by Crippen LogP contribution is 2.64. The lowest BCUT2D eigenvalue weighted by atomic mass is 9.45. The maximum Gasteiger partial charge on any atom is 0.326 e. The zero-order valence-corrected chi connectivity index (χ0v) is 14.4. The summed E-state index contributed by atoms with van der Waals surface area (Å²) in [6.45, 7) is -0.727. The van der Waals surface area contributed by atoms with Gasteiger partial charge in [0.05, 0.1) is 12.5 Å². The highest BCUT2D eigenvalue weighted by molar-refractivity contribution is 5.88. The number of rotatable bonds is 7. The number of benzene rings is 1. The fourth-order valence-electron chi connectivity index (χ4n) is 4.24. The SMILES string of the molecule is COc1ccc(CC(NC(=O)C2(CF)CC3(CCC3)C2)C(=O)O)cc1. The van der Waals surface area contributed by atoms with Crippen molar-refractivity contribution in [3.63, 3.8) is 0 Å². The number of carbonyl (C=O) groups excluding carboxylic acids is 1. The van der Waals surface area contributed by atoms with Crippen molar-refractivity contribution in [1.82, 2.24) is 5.32 Å². The van der Waals surface area contributed by atoms with Crippen molar-refractivity contribution in [1.29, 1.82) is 0 Å². The molecule has 2 N–H and O–H groups in total. The largest absolute Gasteiger partial charge is 0.497 e. The molecule has 2 aliphatic carbocycles. The Balaban J connectivity index is 1.64. The molecule has 1 aromatic rings. The Hall–Kier alpha value is -2.11. The zero-order chi connectivity index (χ0) is 18.1. The minimum absolute atomic E-state index is 0.137. The van der Waals surface area contributed by atoms with Crippen molar-refractivity contribution in [3.05, 3.63) is 29.8 Å². The molecule has 0 heterocycles. The van der Waals surface area contributed by atoms with Crippen LogP contribution in [-0.2, 0) is 16.0 Å². The summed E-state index contributed by atoms with van der Waals surface area (Å²) in [5.41, 5.74) is -0.126. The molecule has 25 heavy (non-hydrogen) atoms. The molecule has 2 fully saturated rings. The van der Waals surface area contributed by atoms with Gasteiger partial charge in [0.15, 0.2) is 0 Å². The lowest BCUT2D eigenvalue weighted by Gasteiger charge is -2.59. The number of hydrogen-bond acceptors (Lipinski definition) is 3. The number of carboxylic acids is 1. The smallest absolute Gasteiger partial charge is 0.326 e. The van der Waals surface area contributed by atoms with Crippen LogP contribution in [0.3, 0.4) is 0 Å². The van der Waals surface area contributed by atoms with E-state index >= 15 is 0 Å². The molecule has 1 spiro atoms. The Bertz CT molecular complexity index is 646. The maximum absolute atomic E-state index is 13.6. The van der Waals surface area contributed by atoms with Crippen LogP contribution < -0.4 is 10.1 Å². The van der Waals surface area contributed by atoms with Crippen LogP contribution in [0.25, 0.3) is 0 Å². The summed E-state index contributed by atoms with van der Waals surface area (Å²) in [5, 5.41) is 12.0. The molecule has 1 amide bonds. The van der Waals surface area contributed by atoms with E-state index in [0.717, 1.165) is 24.8 Å². The summed E-state index contributed by atoms with van der Waals surface area (Å²) in [6, 6.07) is 5.94. The van der Waals surface area contributed by atoms with Crippen molar-refractivity contribution in [2.75, 3.05) is 13.8 Å². The molecule has 0 radical (unpaired) electrons. The van der Waals surface area contributed by atoms with Gasteiger partial charge in [-0.2, -0.15) is 0 Å². The van der Waals surface area contributed by atoms with Crippen LogP contribution >= 0.6 is 0 Å². The van der Waals surface area contributed by atoms with Gasteiger partial charge in [-0.15, -0.1) is 0 Å². The number of amides is 1. The van der Waals surface area contributed by atoms with Gasteiger partial charge >= 0.3 is 5.97 Å². The van der Waals surface area contributed by atoms with Gasteiger partial charge in [0.1, 0.15) is 18.5 Å². The average molecular weight is 349 g/mol. The van der Waals surface area contributed by atoms with Crippen LogP contribution in [0.1, 0.15) is 37.7 Å². The van der Waals surface area contributed by atoms with E-state index in [0.29, 0.717) is 18.6 Å². The molecule has 136 valence electrons. The molecule has 0 bridgehead atoms. The Labute approximate surface area is 146 Å². The molecular formula is C19H24FNO4. The molecule has 0 aromatic heterocycles. The maximum atomic E-state index is 13.6. The van der Waals surface area contributed by atoms with Crippen LogP contribution in [0, 0.1) is 10.8 Å². The lowest BCUT2D eigenvalue weighted by molar-refractivity contribution is -0.162. The molecule has 0 aliphatic heterocycles. The second-order valence-corrected chi connectivity index (χ2v) is 7.54. The van der Waals surface area contributed by atoms with Crippen molar-refractivity contribution < 1.29 is 23.8 Å². The number of nitrogens with one attached hydrogen (secondary N) is 1. The average Bonchev–Trinajstić information content (AvgIpc) is 2.53. The normalized spacial score (nSPS) is 20.9. The Kier molecular flexibility index (Phi) is 4.71. The third-order valence-electron chi connectivity index (χ3n) is 5.78. The van der Waals surface area contributed by atoms with Crippen molar-refractivity contribution >= 4 is 11.9 Å². The van der Waals surface area contributed by atoms with Crippen LogP contribution in [0.15, 0.2) is 24.3 Å². The third kappa shape index (κ3) is 3.34. The highest BCUT2D eigenvalue weighted by atomic mass is 19.1. The Morgan fingerprint density at radius 3 is 2.36 bits per heavy atom. The van der Waals surface area contributed by atoms with E-state index < -0.39 is 30.0 Å². The monoisotopic (exact) mass is 349 g/mol. The molecule has 3 rings (SSSR count). The van der Waals surface area contributed by atoms with E-state index in [1.807, 2.05) is 0 Å². The van der Waals surface area contributed by atoms with Gasteiger partial charge in [-0.05, 0) is 48.8 Å². The summed E-state index contributed by atoms with van der Waals surface area (Å²) in [6.07, 6.45) is 4.47. The van der Waals surface area contributed by atoms with Crippen LogP contribution in [0.2, 0.25) is 0 Å². The zero-order valence-electron chi connectivity index (χ0n) is 14.4. The number of carboxylic acid groups (broad SMARTS) is 1. The highest BCUT2D eigenvalue weighted by Gasteiger charge is 2.61. The van der Waals surface area contributed by atoms with Crippen LogP contribution in [-0.4, -0.2) is 36.8 Å². The first kappa shape index (κ1) is 17.7. The summed E-state index contributed by atoms with van der Waals surface area (Å²) >= 11 is 0. The number of aliphatic carboxylic acids is 1. The summed E-state index contributed by atoms with van der Waals surface area (Å²) in [7, 11) is 1.55. The fourth-order valence-corrected chi connectivity index (χ4v) is 4.24. The van der Waals surface area contributed by atoms with E-state index in [1.165, 1.54) is 0 Å². The number of halogens is 1. The van der Waals surface area contributed by atoms with Gasteiger partial charge in [0.2, 0.25) is 5.91 Å². The first-order valence-electron chi connectivity index (χ1n) is 8.65. The van der Waals surface area contributed by atoms with Gasteiger partial charge in [-0.25, -0.2) is 9.18 Å². The summed E-state index contributed by atoms with van der Waals surface area (Å²) in [5.74, 6) is -0.902. The van der Waals surface area contributed by atoms with E-state index in [1.54, 1.807) is 31.4 Å². The van der Waals surface area contributed by atoms with E-state index in [4.69, 9.17) is 4.74 Å². The predicted molar refractivity (Wildman–Crippen MR) is 90.2 cm³/mol. The third-order valence-corrected chi connectivity index (χ3v) is 5.78. The second-order valence-electron chi connectivity index (χ2n) is 7.54. The van der Waals surface area contributed by atoms with Crippen LogP contribution in [0.5, 0.6) is 5.75 Å². The fraction of sp³-hybridized carbons (Fsp3) is 0.579. The van der Waals surface area contributed by atoms with E-state index in [2.05, 4.69) is 5.32 Å². The van der Waals surface area contributed by atoms with Gasteiger partial charge in [0.25, 0.3) is 0 Å². The Morgan fingerprint density at radius 1 is 1.28 bits per heavy atom. The summed E-state index contributed by atoms with van der Waals surface area (Å²) < 4.78 is 18.7. The number of methoxy groups -OCH3 is 1. The molecule has 0 saturated heterocycles. The lowest BCUT2D eigenvalue weighted by Crippen LogP contribution is -2.60.